The van der Waals surface area contributed by atoms with Crippen molar-refractivity contribution in [2.45, 2.75) is 6.92 Å². The Bertz CT molecular complexity index is 1250. The Hall–Kier alpha value is -3.71. The van der Waals surface area contributed by atoms with E-state index in [-0.39, 0.29) is 5.91 Å². The second kappa shape index (κ2) is 9.62. The topological polar surface area (TPSA) is 81.4 Å². The molecule has 4 aromatic rings. The van der Waals surface area contributed by atoms with Crippen molar-refractivity contribution in [1.82, 2.24) is 4.98 Å². The predicted molar refractivity (Wildman–Crippen MR) is 125 cm³/mol. The van der Waals surface area contributed by atoms with Crippen LogP contribution in [0.5, 0.6) is 0 Å². The van der Waals surface area contributed by atoms with Gasteiger partial charge in [-0.3, -0.25) is 4.79 Å². The van der Waals surface area contributed by atoms with Crippen molar-refractivity contribution in [2.75, 3.05) is 11.9 Å². The number of nitrogens with zero attached hydrogens (tertiary/aromatic N) is 1. The van der Waals surface area contributed by atoms with Gasteiger partial charge in [-0.15, -0.1) is 0 Å². The largest absolute Gasteiger partial charge is 0.462 e. The van der Waals surface area contributed by atoms with Crippen LogP contribution in [0.1, 0.15) is 27.6 Å². The Kier molecular flexibility index (Phi) is 6.47. The van der Waals surface area contributed by atoms with Gasteiger partial charge in [0.15, 0.2) is 5.76 Å². The minimum absolute atomic E-state index is 0.304. The molecule has 0 bridgehead atoms. The molecule has 160 valence electrons. The van der Waals surface area contributed by atoms with E-state index in [2.05, 4.69) is 26.2 Å². The maximum absolute atomic E-state index is 13.0. The molecule has 3 aromatic carbocycles. The molecule has 0 atom stereocenters. The monoisotopic (exact) mass is 490 g/mol. The van der Waals surface area contributed by atoms with Crippen LogP contribution in [0.15, 0.2) is 87.9 Å². The number of nitrogens with one attached hydrogen (secondary N) is 1. The molecule has 6 nitrogen and oxygen atoms in total. The number of carbonyl (C=O) groups is 2. The third-order valence-corrected chi connectivity index (χ3v) is 5.22. The van der Waals surface area contributed by atoms with Gasteiger partial charge < -0.3 is 14.5 Å². The highest BCUT2D eigenvalue weighted by Crippen LogP contribution is 2.29. The zero-order chi connectivity index (χ0) is 22.5. The summed E-state index contributed by atoms with van der Waals surface area (Å²) in [4.78, 5) is 29.1. The van der Waals surface area contributed by atoms with E-state index in [0.29, 0.717) is 40.6 Å². The fraction of sp³-hybridized carbons (Fsp3) is 0.0800. The summed E-state index contributed by atoms with van der Waals surface area (Å²) in [6.45, 7) is 2.05. The quantitative estimate of drug-likeness (QED) is 0.325. The number of carbonyl (C=O) groups excluding carboxylic acids is 2. The van der Waals surface area contributed by atoms with Crippen LogP contribution in [0.3, 0.4) is 0 Å². The SMILES string of the molecule is CCOC(=O)c1ccc(NC(=O)c2ccccc2-c2ncc(-c3ccc(Br)cc3)o2)cc1. The standard InChI is InChI=1S/C25H19BrN2O4/c1-2-31-25(30)17-9-13-19(14-10-17)28-23(29)20-5-3-4-6-21(20)24-27-15-22(32-24)16-7-11-18(26)12-8-16/h3-15H,2H2,1H3,(H,28,29). The molecule has 0 saturated heterocycles. The van der Waals surface area contributed by atoms with Gasteiger partial charge in [0.05, 0.1) is 23.9 Å². The first-order valence-corrected chi connectivity index (χ1v) is 10.7. The number of anilines is 1. The minimum atomic E-state index is -0.402. The zero-order valence-electron chi connectivity index (χ0n) is 17.2. The maximum atomic E-state index is 13.0. The summed E-state index contributed by atoms with van der Waals surface area (Å²) in [5, 5.41) is 2.85. The molecule has 0 aliphatic rings. The molecule has 1 heterocycles. The number of benzene rings is 3. The first-order valence-electron chi connectivity index (χ1n) is 9.95. The lowest BCUT2D eigenvalue weighted by Crippen LogP contribution is -2.13. The van der Waals surface area contributed by atoms with Crippen molar-refractivity contribution in [3.8, 4) is 22.8 Å². The lowest BCUT2D eigenvalue weighted by atomic mass is 10.1. The summed E-state index contributed by atoms with van der Waals surface area (Å²) in [7, 11) is 0. The van der Waals surface area contributed by atoms with Gasteiger partial charge >= 0.3 is 5.97 Å². The van der Waals surface area contributed by atoms with Gasteiger partial charge in [0.25, 0.3) is 5.91 Å². The number of hydrogen-bond donors (Lipinski definition) is 1. The lowest BCUT2D eigenvalue weighted by Gasteiger charge is -2.09. The average molecular weight is 491 g/mol. The highest BCUT2D eigenvalue weighted by Gasteiger charge is 2.17. The summed E-state index contributed by atoms with van der Waals surface area (Å²) >= 11 is 3.42. The first kappa shape index (κ1) is 21.5. The minimum Gasteiger partial charge on any atom is -0.462 e. The van der Waals surface area contributed by atoms with E-state index in [0.717, 1.165) is 10.0 Å². The van der Waals surface area contributed by atoms with Crippen LogP contribution < -0.4 is 5.32 Å². The van der Waals surface area contributed by atoms with Crippen molar-refractivity contribution in [3.05, 3.63) is 94.6 Å². The van der Waals surface area contributed by atoms with E-state index in [1.54, 1.807) is 55.6 Å². The number of ether oxygens (including phenoxy) is 1. The number of oxazole rings is 1. The van der Waals surface area contributed by atoms with Gasteiger partial charge in [0, 0.05) is 21.3 Å². The van der Waals surface area contributed by atoms with E-state index in [4.69, 9.17) is 9.15 Å². The molecule has 1 amide bonds. The van der Waals surface area contributed by atoms with Crippen LogP contribution in [-0.4, -0.2) is 23.5 Å². The predicted octanol–water partition coefficient (Wildman–Crippen LogP) is 6.20. The molecule has 0 saturated carbocycles. The third-order valence-electron chi connectivity index (χ3n) is 4.69. The van der Waals surface area contributed by atoms with E-state index in [1.165, 1.54) is 0 Å². The van der Waals surface area contributed by atoms with Crippen LogP contribution in [0.25, 0.3) is 22.8 Å². The maximum Gasteiger partial charge on any atom is 0.338 e. The fourth-order valence-electron chi connectivity index (χ4n) is 3.12. The second-order valence-electron chi connectivity index (χ2n) is 6.83. The number of aromatic nitrogens is 1. The van der Waals surface area contributed by atoms with E-state index in [9.17, 15) is 9.59 Å². The van der Waals surface area contributed by atoms with Crippen molar-refractivity contribution < 1.29 is 18.7 Å². The Balaban J connectivity index is 1.55. The van der Waals surface area contributed by atoms with Crippen LogP contribution in [0.4, 0.5) is 5.69 Å². The molecule has 4 rings (SSSR count). The summed E-state index contributed by atoms with van der Waals surface area (Å²) in [5.74, 6) is 0.248. The van der Waals surface area contributed by atoms with Crippen molar-refractivity contribution in [3.63, 3.8) is 0 Å². The number of hydrogen-bond acceptors (Lipinski definition) is 5. The molecule has 1 aromatic heterocycles. The molecule has 0 aliphatic heterocycles. The zero-order valence-corrected chi connectivity index (χ0v) is 18.8. The Morgan fingerprint density at radius 1 is 1.00 bits per heavy atom. The van der Waals surface area contributed by atoms with Crippen molar-refractivity contribution in [2.24, 2.45) is 0 Å². The summed E-state index contributed by atoms with van der Waals surface area (Å²) in [6, 6.07) is 21.3. The smallest absolute Gasteiger partial charge is 0.338 e. The fourth-order valence-corrected chi connectivity index (χ4v) is 3.38. The van der Waals surface area contributed by atoms with Crippen LogP contribution >= 0.6 is 15.9 Å². The van der Waals surface area contributed by atoms with E-state index < -0.39 is 5.97 Å². The lowest BCUT2D eigenvalue weighted by molar-refractivity contribution is 0.0526. The Morgan fingerprint density at radius 3 is 2.44 bits per heavy atom. The van der Waals surface area contributed by atoms with E-state index >= 15 is 0 Å². The average Bonchev–Trinajstić information content (AvgIpc) is 3.30. The van der Waals surface area contributed by atoms with E-state index in [1.807, 2.05) is 30.3 Å². The van der Waals surface area contributed by atoms with Gasteiger partial charge in [-0.05, 0) is 55.5 Å². The molecule has 0 spiro atoms. The highest BCUT2D eigenvalue weighted by atomic mass is 79.9. The molecular formula is C25H19BrN2O4. The van der Waals surface area contributed by atoms with Crippen molar-refractivity contribution in [1.29, 1.82) is 0 Å². The molecule has 0 unspecified atom stereocenters. The number of amides is 1. The van der Waals surface area contributed by atoms with Crippen LogP contribution in [-0.2, 0) is 4.74 Å². The Labute approximate surface area is 193 Å². The molecule has 0 fully saturated rings. The number of rotatable bonds is 6. The normalized spacial score (nSPS) is 10.6. The molecular weight excluding hydrogens is 472 g/mol. The van der Waals surface area contributed by atoms with Gasteiger partial charge in [0.1, 0.15) is 0 Å². The summed E-state index contributed by atoms with van der Waals surface area (Å²) < 4.78 is 11.9. The van der Waals surface area contributed by atoms with Gasteiger partial charge in [-0.2, -0.15) is 0 Å². The Morgan fingerprint density at radius 2 is 1.72 bits per heavy atom. The molecule has 0 aliphatic carbocycles. The summed E-state index contributed by atoms with van der Waals surface area (Å²) in [6.07, 6.45) is 1.64. The first-order chi connectivity index (χ1) is 15.5. The van der Waals surface area contributed by atoms with Gasteiger partial charge in [0.2, 0.25) is 5.89 Å². The molecule has 1 N–H and O–H groups in total. The van der Waals surface area contributed by atoms with Gasteiger partial charge in [-0.25, -0.2) is 9.78 Å². The van der Waals surface area contributed by atoms with Crippen LogP contribution in [0.2, 0.25) is 0 Å². The second-order valence-corrected chi connectivity index (χ2v) is 7.75. The number of esters is 1. The number of halogens is 1. The molecule has 0 radical (unpaired) electrons. The third kappa shape index (κ3) is 4.78. The van der Waals surface area contributed by atoms with Crippen molar-refractivity contribution >= 4 is 33.5 Å². The highest BCUT2D eigenvalue weighted by molar-refractivity contribution is 9.10. The molecule has 7 heteroatoms. The summed E-state index contributed by atoms with van der Waals surface area (Å²) in [5.41, 5.74) is 2.87. The molecule has 32 heavy (non-hydrogen) atoms. The van der Waals surface area contributed by atoms with Gasteiger partial charge in [-0.1, -0.05) is 40.2 Å². The van der Waals surface area contributed by atoms with Crippen LogP contribution in [0, 0.1) is 0 Å².